The highest BCUT2D eigenvalue weighted by atomic mass is 15.1. The molecule has 0 saturated heterocycles. The SMILES string of the molecule is CNCCc1nc2c(C)c(C)ccc2n1C. The molecule has 3 nitrogen and oxygen atoms in total. The van der Waals surface area contributed by atoms with Gasteiger partial charge in [0.05, 0.1) is 11.0 Å². The lowest BCUT2D eigenvalue weighted by Crippen LogP contribution is -2.12. The van der Waals surface area contributed by atoms with Crippen molar-refractivity contribution < 1.29 is 0 Å². The van der Waals surface area contributed by atoms with Gasteiger partial charge in [-0.1, -0.05) is 6.07 Å². The highest BCUT2D eigenvalue weighted by Gasteiger charge is 2.09. The maximum Gasteiger partial charge on any atom is 0.110 e. The molecule has 0 atom stereocenters. The van der Waals surface area contributed by atoms with E-state index in [4.69, 9.17) is 4.98 Å². The van der Waals surface area contributed by atoms with Gasteiger partial charge in [0.1, 0.15) is 5.82 Å². The number of nitrogens with zero attached hydrogens (tertiary/aromatic N) is 2. The van der Waals surface area contributed by atoms with Crippen LogP contribution < -0.4 is 5.32 Å². The number of fused-ring (bicyclic) bond motifs is 1. The summed E-state index contributed by atoms with van der Waals surface area (Å²) in [4.78, 5) is 4.73. The maximum absolute atomic E-state index is 4.73. The predicted molar refractivity (Wildman–Crippen MR) is 67.8 cm³/mol. The summed E-state index contributed by atoms with van der Waals surface area (Å²) in [5, 5.41) is 3.16. The fourth-order valence-electron chi connectivity index (χ4n) is 2.00. The van der Waals surface area contributed by atoms with Gasteiger partial charge in [0.25, 0.3) is 0 Å². The Kier molecular flexibility index (Phi) is 2.97. The third-order valence-corrected chi connectivity index (χ3v) is 3.27. The molecule has 16 heavy (non-hydrogen) atoms. The second-order valence-electron chi connectivity index (χ2n) is 4.32. The van der Waals surface area contributed by atoms with Crippen LogP contribution in [0.2, 0.25) is 0 Å². The van der Waals surface area contributed by atoms with Gasteiger partial charge in [-0.15, -0.1) is 0 Å². The van der Waals surface area contributed by atoms with Gasteiger partial charge in [-0.05, 0) is 38.1 Å². The second kappa shape index (κ2) is 4.26. The van der Waals surface area contributed by atoms with Gasteiger partial charge in [-0.3, -0.25) is 0 Å². The van der Waals surface area contributed by atoms with Crippen LogP contribution in [-0.4, -0.2) is 23.1 Å². The van der Waals surface area contributed by atoms with Crippen LogP contribution in [0.5, 0.6) is 0 Å². The fourth-order valence-corrected chi connectivity index (χ4v) is 2.00. The minimum atomic E-state index is 0.967. The first-order valence-electron chi connectivity index (χ1n) is 5.71. The van der Waals surface area contributed by atoms with Crippen molar-refractivity contribution in [3.63, 3.8) is 0 Å². The van der Waals surface area contributed by atoms with E-state index < -0.39 is 0 Å². The quantitative estimate of drug-likeness (QED) is 0.851. The van der Waals surface area contributed by atoms with Crippen LogP contribution in [0.25, 0.3) is 11.0 Å². The first-order valence-corrected chi connectivity index (χ1v) is 5.71. The molecule has 86 valence electrons. The molecule has 1 heterocycles. The molecule has 0 saturated carbocycles. The molecule has 0 aliphatic carbocycles. The molecule has 1 aromatic heterocycles. The summed E-state index contributed by atoms with van der Waals surface area (Å²) in [5.41, 5.74) is 4.98. The maximum atomic E-state index is 4.73. The van der Waals surface area contributed by atoms with Crippen molar-refractivity contribution in [2.45, 2.75) is 20.3 Å². The normalized spacial score (nSPS) is 11.2. The van der Waals surface area contributed by atoms with Gasteiger partial charge in [0.2, 0.25) is 0 Å². The Hall–Kier alpha value is -1.35. The molecule has 0 amide bonds. The molecular formula is C13H19N3. The van der Waals surface area contributed by atoms with Crippen molar-refractivity contribution >= 4 is 11.0 Å². The number of aromatic nitrogens is 2. The topological polar surface area (TPSA) is 29.9 Å². The van der Waals surface area contributed by atoms with Crippen LogP contribution in [0.1, 0.15) is 17.0 Å². The molecular weight excluding hydrogens is 198 g/mol. The Balaban J connectivity index is 2.54. The summed E-state index contributed by atoms with van der Waals surface area (Å²) in [6, 6.07) is 4.33. The summed E-state index contributed by atoms with van der Waals surface area (Å²) < 4.78 is 2.19. The molecule has 0 bridgehead atoms. The third kappa shape index (κ3) is 1.71. The molecule has 0 spiro atoms. The van der Waals surface area contributed by atoms with Crippen molar-refractivity contribution in [3.05, 3.63) is 29.1 Å². The van der Waals surface area contributed by atoms with E-state index in [0.717, 1.165) is 24.3 Å². The number of hydrogen-bond acceptors (Lipinski definition) is 2. The van der Waals surface area contributed by atoms with Gasteiger partial charge in [0, 0.05) is 20.0 Å². The zero-order chi connectivity index (χ0) is 11.7. The summed E-state index contributed by atoms with van der Waals surface area (Å²) >= 11 is 0. The Morgan fingerprint density at radius 1 is 1.31 bits per heavy atom. The van der Waals surface area contributed by atoms with Crippen LogP contribution >= 0.6 is 0 Å². The summed E-state index contributed by atoms with van der Waals surface area (Å²) in [6.07, 6.45) is 0.972. The molecule has 0 fully saturated rings. The largest absolute Gasteiger partial charge is 0.331 e. The number of nitrogens with one attached hydrogen (secondary N) is 1. The van der Waals surface area contributed by atoms with Crippen LogP contribution in [0.15, 0.2) is 12.1 Å². The summed E-state index contributed by atoms with van der Waals surface area (Å²) in [6.45, 7) is 5.25. The second-order valence-corrected chi connectivity index (χ2v) is 4.32. The van der Waals surface area contributed by atoms with Crippen LogP contribution in [0.3, 0.4) is 0 Å². The van der Waals surface area contributed by atoms with E-state index in [0.29, 0.717) is 0 Å². The average Bonchev–Trinajstić information content (AvgIpc) is 2.59. The van der Waals surface area contributed by atoms with E-state index in [1.165, 1.54) is 16.6 Å². The van der Waals surface area contributed by atoms with Crippen molar-refractivity contribution in [1.29, 1.82) is 0 Å². The monoisotopic (exact) mass is 217 g/mol. The average molecular weight is 217 g/mol. The van der Waals surface area contributed by atoms with E-state index in [-0.39, 0.29) is 0 Å². The summed E-state index contributed by atoms with van der Waals surface area (Å²) in [5.74, 6) is 1.15. The predicted octanol–water partition coefficient (Wildman–Crippen LogP) is 1.95. The standard InChI is InChI=1S/C13H19N3/c1-9-5-6-11-13(10(9)2)15-12(16(11)4)7-8-14-3/h5-6,14H,7-8H2,1-4H3. The molecule has 0 radical (unpaired) electrons. The lowest BCUT2D eigenvalue weighted by molar-refractivity contribution is 0.726. The number of hydrogen-bond donors (Lipinski definition) is 1. The molecule has 1 N–H and O–H groups in total. The molecule has 2 aromatic rings. The molecule has 2 rings (SSSR count). The lowest BCUT2D eigenvalue weighted by Gasteiger charge is -2.02. The van der Waals surface area contributed by atoms with Gasteiger partial charge in [-0.2, -0.15) is 0 Å². The molecule has 3 heteroatoms. The van der Waals surface area contributed by atoms with Crippen LogP contribution in [-0.2, 0) is 13.5 Å². The van der Waals surface area contributed by atoms with E-state index >= 15 is 0 Å². The van der Waals surface area contributed by atoms with Gasteiger partial charge >= 0.3 is 0 Å². The van der Waals surface area contributed by atoms with Crippen molar-refractivity contribution in [2.75, 3.05) is 13.6 Å². The zero-order valence-corrected chi connectivity index (χ0v) is 10.5. The summed E-state index contributed by atoms with van der Waals surface area (Å²) in [7, 11) is 4.06. The molecule has 0 unspecified atom stereocenters. The third-order valence-electron chi connectivity index (χ3n) is 3.27. The van der Waals surface area contributed by atoms with E-state index in [1.54, 1.807) is 0 Å². The molecule has 0 aliphatic rings. The molecule has 1 aromatic carbocycles. The number of rotatable bonds is 3. The first kappa shape index (κ1) is 11.1. The van der Waals surface area contributed by atoms with Crippen LogP contribution in [0.4, 0.5) is 0 Å². The number of benzene rings is 1. The van der Waals surface area contributed by atoms with Crippen molar-refractivity contribution in [3.8, 4) is 0 Å². The number of imidazole rings is 1. The highest BCUT2D eigenvalue weighted by molar-refractivity contribution is 5.80. The van der Waals surface area contributed by atoms with Crippen molar-refractivity contribution in [2.24, 2.45) is 7.05 Å². The van der Waals surface area contributed by atoms with E-state index in [9.17, 15) is 0 Å². The van der Waals surface area contributed by atoms with Gasteiger partial charge in [-0.25, -0.2) is 4.98 Å². The smallest absolute Gasteiger partial charge is 0.110 e. The minimum absolute atomic E-state index is 0.967. The fraction of sp³-hybridized carbons (Fsp3) is 0.462. The Bertz CT molecular complexity index is 511. The van der Waals surface area contributed by atoms with Gasteiger partial charge < -0.3 is 9.88 Å². The van der Waals surface area contributed by atoms with Crippen LogP contribution in [0, 0.1) is 13.8 Å². The highest BCUT2D eigenvalue weighted by Crippen LogP contribution is 2.21. The zero-order valence-electron chi connectivity index (χ0n) is 10.5. The number of likely N-dealkylation sites (N-methyl/N-ethyl adjacent to an activating group) is 1. The molecule has 0 aliphatic heterocycles. The van der Waals surface area contributed by atoms with Gasteiger partial charge in [0.15, 0.2) is 0 Å². The Labute approximate surface area is 96.5 Å². The first-order chi connectivity index (χ1) is 7.65. The Morgan fingerprint density at radius 2 is 2.06 bits per heavy atom. The minimum Gasteiger partial charge on any atom is -0.331 e. The lowest BCUT2D eigenvalue weighted by atomic mass is 10.1. The van der Waals surface area contributed by atoms with E-state index in [2.05, 4.69) is 42.9 Å². The number of aryl methyl sites for hydroxylation is 3. The van der Waals surface area contributed by atoms with Crippen molar-refractivity contribution in [1.82, 2.24) is 14.9 Å². The Morgan fingerprint density at radius 3 is 2.75 bits per heavy atom. The van der Waals surface area contributed by atoms with E-state index in [1.807, 2.05) is 7.05 Å².